The van der Waals surface area contributed by atoms with E-state index in [0.29, 0.717) is 53.1 Å². The van der Waals surface area contributed by atoms with Gasteiger partial charge in [-0.15, -0.1) is 45.9 Å². The van der Waals surface area contributed by atoms with Gasteiger partial charge in [-0.3, -0.25) is 29.0 Å². The highest BCUT2D eigenvalue weighted by Crippen LogP contribution is 2.75. The van der Waals surface area contributed by atoms with Crippen LogP contribution >= 0.6 is 53.7 Å². The van der Waals surface area contributed by atoms with E-state index in [9.17, 15) is 43.1 Å². The Balaban J connectivity index is 0.833. The molecule has 0 radical (unpaired) electrons. The van der Waals surface area contributed by atoms with Crippen LogP contribution in [-0.2, 0) is 35.1 Å². The van der Waals surface area contributed by atoms with Gasteiger partial charge >= 0.3 is 20.0 Å². The number of carbonyl (C=O) groups excluding carboxylic acids is 6. The third-order valence-electron chi connectivity index (χ3n) is 15.0. The highest BCUT2D eigenvalue weighted by Gasteiger charge is 2.76. The molecular formula is C50H57Cl2N8O12PS2. The topological polar surface area (TPSA) is 291 Å². The maximum Gasteiger partial charge on any atom is 0.524 e. The van der Waals surface area contributed by atoms with Gasteiger partial charge in [0, 0.05) is 92.5 Å². The molecule has 0 saturated heterocycles. The van der Waals surface area contributed by atoms with E-state index >= 15 is 0 Å². The molecule has 400 valence electrons. The van der Waals surface area contributed by atoms with Crippen molar-refractivity contribution in [3.8, 4) is 11.5 Å². The zero-order valence-electron chi connectivity index (χ0n) is 41.4. The predicted octanol–water partition coefficient (Wildman–Crippen LogP) is 6.97. The van der Waals surface area contributed by atoms with Crippen molar-refractivity contribution < 1.29 is 57.1 Å². The summed E-state index contributed by atoms with van der Waals surface area (Å²) in [6.45, 7) is 4.56. The lowest BCUT2D eigenvalue weighted by Gasteiger charge is -2.69. The van der Waals surface area contributed by atoms with E-state index in [1.165, 1.54) is 45.6 Å². The fourth-order valence-electron chi connectivity index (χ4n) is 11.1. The van der Waals surface area contributed by atoms with Gasteiger partial charge in [-0.1, -0.05) is 12.1 Å². The summed E-state index contributed by atoms with van der Waals surface area (Å²) in [6, 6.07) is 8.34. The van der Waals surface area contributed by atoms with E-state index in [2.05, 4.69) is 5.32 Å². The molecule has 0 spiro atoms. The highest BCUT2D eigenvalue weighted by molar-refractivity contribution is 7.46. The Labute approximate surface area is 449 Å². The first-order chi connectivity index (χ1) is 35.5. The van der Waals surface area contributed by atoms with Gasteiger partial charge in [0.15, 0.2) is 11.5 Å². The number of rotatable bonds is 19. The van der Waals surface area contributed by atoms with Crippen LogP contribution in [0.4, 0.5) is 26.7 Å². The number of halogens is 2. The van der Waals surface area contributed by atoms with Crippen molar-refractivity contribution in [1.82, 2.24) is 9.80 Å². The molecule has 2 aliphatic heterocycles. The van der Waals surface area contributed by atoms with Crippen molar-refractivity contribution in [1.29, 1.82) is 0 Å². The molecule has 4 atom stereocenters. The van der Waals surface area contributed by atoms with E-state index in [1.54, 1.807) is 47.2 Å². The zero-order valence-corrected chi connectivity index (χ0v) is 45.5. The third-order valence-corrected chi connectivity index (χ3v) is 18.4. The van der Waals surface area contributed by atoms with Gasteiger partial charge in [0.25, 0.3) is 0 Å². The molecule has 5 aliphatic rings. The fraction of sp³-hybridized carbons (Fsp3) is 0.440. The third kappa shape index (κ3) is 10.1. The number of hydrogen-bond acceptors (Lipinski definition) is 14. The molecule has 3 aromatic carbocycles. The largest absolute Gasteiger partial charge is 0.524 e. The van der Waals surface area contributed by atoms with Crippen LogP contribution in [0.25, 0.3) is 20.2 Å². The van der Waals surface area contributed by atoms with E-state index in [0.717, 1.165) is 37.7 Å². The van der Waals surface area contributed by atoms with Crippen molar-refractivity contribution in [3.05, 3.63) is 75.0 Å². The lowest BCUT2D eigenvalue weighted by Crippen LogP contribution is -2.73. The fourth-order valence-corrected chi connectivity index (χ4v) is 14.1. The minimum absolute atomic E-state index is 0.0127. The van der Waals surface area contributed by atoms with E-state index in [4.69, 9.17) is 54.4 Å². The second-order valence-corrected chi connectivity index (χ2v) is 23.8. The molecular weight excluding hydrogens is 1070 g/mol. The number of aryl methyl sites for hydroxylation is 2. The Hall–Kier alpha value is -5.71. The van der Waals surface area contributed by atoms with Gasteiger partial charge in [-0.2, -0.15) is 0 Å². The maximum atomic E-state index is 14.8. The number of anilines is 3. The number of likely N-dealkylation sites (N-methyl/N-ethyl adjacent to an activating group) is 2. The number of carbonyl (C=O) groups is 6. The molecule has 75 heavy (non-hydrogen) atoms. The molecule has 2 bridgehead atoms. The molecule has 9 N–H and O–H groups in total. The summed E-state index contributed by atoms with van der Waals surface area (Å²) in [5.74, 6) is -1.36. The van der Waals surface area contributed by atoms with Crippen LogP contribution in [0.3, 0.4) is 0 Å². The zero-order chi connectivity index (χ0) is 54.1. The van der Waals surface area contributed by atoms with Gasteiger partial charge in [0.1, 0.15) is 12.6 Å². The molecule has 1 unspecified atom stereocenters. The summed E-state index contributed by atoms with van der Waals surface area (Å²) in [6.07, 6.45) is -0.0144. The Kier molecular flexibility index (Phi) is 14.9. The lowest BCUT2D eigenvalue weighted by molar-refractivity contribution is -0.205. The van der Waals surface area contributed by atoms with Crippen LogP contribution in [0.15, 0.2) is 47.2 Å². The monoisotopic (exact) mass is 1130 g/mol. The van der Waals surface area contributed by atoms with Gasteiger partial charge in [-0.05, 0) is 96.7 Å². The Morgan fingerprint density at radius 2 is 1.28 bits per heavy atom. The molecule has 10 rings (SSSR count). The minimum atomic E-state index is -4.94. The van der Waals surface area contributed by atoms with E-state index in [1.807, 2.05) is 24.6 Å². The molecule has 4 heterocycles. The lowest BCUT2D eigenvalue weighted by atomic mass is 9.34. The quantitative estimate of drug-likeness (QED) is 0.0360. The first-order valence-corrected chi connectivity index (χ1v) is 28.5. The SMILES string of the molecule is Cc1csc2c(OC(=O)N(C)CCN(C)C(=O)OCc3ccc(N[C@@H](CCC(N)C(N)=O)C(N)=O)cc3)cc3c(c12)[C@H](CCl)CN3C(=O)C12CC(C(=O)N3C[C@@H](CCl)c4c3cc(OP(=O)(O)O)c3scc(C)c43)(C1)C2. The van der Waals surface area contributed by atoms with Crippen molar-refractivity contribution in [2.75, 3.05) is 67.2 Å². The number of phosphoric acid groups is 1. The molecule has 3 fully saturated rings. The second kappa shape index (κ2) is 20.7. The number of nitrogens with zero attached hydrogens (tertiary/aromatic N) is 4. The van der Waals surface area contributed by atoms with Crippen molar-refractivity contribution in [3.63, 3.8) is 0 Å². The summed E-state index contributed by atoms with van der Waals surface area (Å²) >= 11 is 15.9. The summed E-state index contributed by atoms with van der Waals surface area (Å²) in [5, 5.41) is 8.48. The van der Waals surface area contributed by atoms with Crippen LogP contribution in [0, 0.1) is 24.7 Å². The summed E-state index contributed by atoms with van der Waals surface area (Å²) in [7, 11) is -1.86. The summed E-state index contributed by atoms with van der Waals surface area (Å²) < 4.78 is 30.1. The number of phosphoric ester groups is 1. The molecule has 3 aliphatic carbocycles. The molecule has 20 nitrogen and oxygen atoms in total. The van der Waals surface area contributed by atoms with Crippen LogP contribution in [0.1, 0.15) is 71.8 Å². The average Bonchev–Trinajstić information content (AvgIpc) is 4.19. The molecule has 5 aromatic rings. The molecule has 3 saturated carbocycles. The van der Waals surface area contributed by atoms with Gasteiger partial charge in [-0.25, -0.2) is 14.2 Å². The Bertz CT molecular complexity index is 3180. The number of ether oxygens (including phenoxy) is 2. The van der Waals surface area contributed by atoms with Crippen LogP contribution in [-0.4, -0.2) is 120 Å². The van der Waals surface area contributed by atoms with Crippen LogP contribution < -0.4 is 41.6 Å². The maximum absolute atomic E-state index is 14.8. The molecule has 6 amide bonds. The van der Waals surface area contributed by atoms with Crippen molar-refractivity contribution in [2.45, 2.75) is 76.5 Å². The number of amides is 6. The van der Waals surface area contributed by atoms with Crippen molar-refractivity contribution >= 4 is 127 Å². The molecule has 25 heteroatoms. The normalized spacial score (nSPS) is 21.1. The Morgan fingerprint density at radius 1 is 0.787 bits per heavy atom. The number of nitrogens with two attached hydrogens (primary N) is 3. The summed E-state index contributed by atoms with van der Waals surface area (Å²) in [4.78, 5) is 105. The average molecular weight is 1130 g/mol. The van der Waals surface area contributed by atoms with Crippen LogP contribution in [0.2, 0.25) is 0 Å². The Morgan fingerprint density at radius 3 is 1.76 bits per heavy atom. The van der Waals surface area contributed by atoms with E-state index < -0.39 is 54.7 Å². The number of benzene rings is 3. The minimum Gasteiger partial charge on any atom is -0.445 e. The second-order valence-electron chi connectivity index (χ2n) is 20.2. The van der Waals surface area contributed by atoms with Gasteiger partial charge < -0.3 is 56.1 Å². The number of thiophene rings is 2. The highest BCUT2D eigenvalue weighted by atomic mass is 35.5. The first kappa shape index (κ1) is 54.1. The number of primary amides is 2. The van der Waals surface area contributed by atoms with Crippen LogP contribution in [0.5, 0.6) is 11.5 Å². The predicted molar refractivity (Wildman–Crippen MR) is 287 cm³/mol. The smallest absolute Gasteiger partial charge is 0.445 e. The number of nitrogens with one attached hydrogen (secondary N) is 1. The van der Waals surface area contributed by atoms with Gasteiger partial charge in [0.05, 0.1) is 37.6 Å². The number of alkyl halides is 2. The molecule has 2 aromatic heterocycles. The first-order valence-electron chi connectivity index (χ1n) is 24.1. The summed E-state index contributed by atoms with van der Waals surface area (Å²) in [5.41, 5.74) is 20.7. The van der Waals surface area contributed by atoms with Crippen molar-refractivity contribution in [2.24, 2.45) is 28.0 Å². The standard InChI is InChI=1S/C50H57Cl2N8O12PS2/c1-25-20-74-41-35(71-48(66)58(4)12-11-57(3)47(65)70-19-27-5-7-30(8-6-27)56-32(44(55)62)10-9-31(53)43(54)61)13-33-39(37(25)41)28(15-51)17-59(33)45(63)49-22-50(23-49,24-49)46(64)60-18-29(16-52)40-34(60)14-36(72-73(67,68)69)42-38(40)26(2)21-75-42/h5-8,13-14,20-21,28-29,31-32,56H,9-12,15-19,22-24,53H2,1-4H3,(H2,54,61)(H2,55,62)(H2,67,68,69)/t28-,29-,31?,32+,49?,50?/m1/s1. The number of fused-ring (bicyclic) bond motifs is 6. The number of hydrogen-bond donors (Lipinski definition) is 6. The van der Waals surface area contributed by atoms with Gasteiger partial charge in [0.2, 0.25) is 23.6 Å². The van der Waals surface area contributed by atoms with E-state index in [-0.39, 0.29) is 86.0 Å².